The van der Waals surface area contributed by atoms with E-state index in [-0.39, 0.29) is 30.5 Å². The third kappa shape index (κ3) is 6.26. The maximum Gasteiger partial charge on any atom is 0.276 e. The van der Waals surface area contributed by atoms with Gasteiger partial charge in [0.05, 0.1) is 18.1 Å². The van der Waals surface area contributed by atoms with Gasteiger partial charge in [-0.2, -0.15) is 10.2 Å². The maximum atomic E-state index is 12.6. The first kappa shape index (κ1) is 23.6. The van der Waals surface area contributed by atoms with Gasteiger partial charge >= 0.3 is 0 Å². The minimum absolute atomic E-state index is 0.0891. The van der Waals surface area contributed by atoms with Crippen LogP contribution in [0.2, 0.25) is 0 Å². The van der Waals surface area contributed by atoms with Crippen LogP contribution in [-0.4, -0.2) is 25.5 Å². The van der Waals surface area contributed by atoms with Crippen molar-refractivity contribution in [1.29, 1.82) is 0 Å². The molecule has 2 aromatic carbocycles. The number of halogens is 1. The Labute approximate surface area is 206 Å². The zero-order valence-corrected chi connectivity index (χ0v) is 20.8. The molecule has 8 nitrogen and oxygen atoms in total. The molecule has 0 saturated heterocycles. The zero-order valence-electron chi connectivity index (χ0n) is 19.2. The van der Waals surface area contributed by atoms with Crippen molar-refractivity contribution in [2.24, 2.45) is 0 Å². The van der Waals surface area contributed by atoms with Gasteiger partial charge in [-0.25, -0.2) is 9.36 Å². The largest absolute Gasteiger partial charge is 0.471 e. The third-order valence-corrected chi connectivity index (χ3v) is 5.55. The van der Waals surface area contributed by atoms with Crippen LogP contribution in [0.25, 0.3) is 0 Å². The van der Waals surface area contributed by atoms with Crippen LogP contribution in [0.5, 0.6) is 11.5 Å². The second kappa shape index (κ2) is 10.1. The van der Waals surface area contributed by atoms with Gasteiger partial charge in [0.1, 0.15) is 11.5 Å². The lowest BCUT2D eigenvalue weighted by Crippen LogP contribution is -2.14. The highest BCUT2D eigenvalue weighted by Gasteiger charge is 2.14. The predicted octanol–water partition coefficient (Wildman–Crippen LogP) is 5.46. The highest BCUT2D eigenvalue weighted by molar-refractivity contribution is 9.10. The molecule has 4 rings (SSSR count). The molecule has 0 aliphatic rings. The summed E-state index contributed by atoms with van der Waals surface area (Å²) in [5.74, 6) is 1.14. The van der Waals surface area contributed by atoms with Crippen molar-refractivity contribution < 1.29 is 14.3 Å². The van der Waals surface area contributed by atoms with E-state index in [2.05, 4.69) is 64.3 Å². The van der Waals surface area contributed by atoms with Crippen molar-refractivity contribution >= 4 is 27.5 Å². The van der Waals surface area contributed by atoms with Gasteiger partial charge in [-0.3, -0.25) is 4.79 Å². The summed E-state index contributed by atoms with van der Waals surface area (Å²) < 4.78 is 15.6. The van der Waals surface area contributed by atoms with Gasteiger partial charge < -0.3 is 14.8 Å². The fourth-order valence-corrected chi connectivity index (χ4v) is 3.38. The molecule has 4 aromatic rings. The SMILES string of the molecule is CC(C)(C)c1ccc(OCn2ccc(C(=O)Nc3cnn(COc4ccc(Br)cc4)c3)n2)cc1. The van der Waals surface area contributed by atoms with E-state index in [1.54, 1.807) is 34.0 Å². The minimum Gasteiger partial charge on any atom is -0.471 e. The maximum absolute atomic E-state index is 12.6. The Kier molecular flexibility index (Phi) is 7.02. The van der Waals surface area contributed by atoms with E-state index in [9.17, 15) is 4.79 Å². The van der Waals surface area contributed by atoms with Crippen molar-refractivity contribution in [3.05, 3.63) is 88.9 Å². The van der Waals surface area contributed by atoms with Crippen molar-refractivity contribution in [3.63, 3.8) is 0 Å². The fourth-order valence-electron chi connectivity index (χ4n) is 3.11. The number of rotatable bonds is 8. The first-order chi connectivity index (χ1) is 16.3. The van der Waals surface area contributed by atoms with Gasteiger partial charge in [0.2, 0.25) is 0 Å². The number of amides is 1. The summed E-state index contributed by atoms with van der Waals surface area (Å²) in [5.41, 5.74) is 2.16. The molecule has 0 aliphatic carbocycles. The van der Waals surface area contributed by atoms with Gasteiger partial charge in [-0.05, 0) is 53.4 Å². The first-order valence-electron chi connectivity index (χ1n) is 10.8. The van der Waals surface area contributed by atoms with Crippen molar-refractivity contribution in [2.45, 2.75) is 39.6 Å². The van der Waals surface area contributed by atoms with E-state index >= 15 is 0 Å². The molecule has 0 unspecified atom stereocenters. The summed E-state index contributed by atoms with van der Waals surface area (Å²) in [4.78, 5) is 12.6. The van der Waals surface area contributed by atoms with Gasteiger partial charge in [0.15, 0.2) is 19.2 Å². The van der Waals surface area contributed by atoms with Crippen LogP contribution in [0.1, 0.15) is 36.8 Å². The molecule has 9 heteroatoms. The van der Waals surface area contributed by atoms with E-state index in [0.717, 1.165) is 16.0 Å². The number of anilines is 1. The molecule has 0 bridgehead atoms. The molecule has 0 atom stereocenters. The lowest BCUT2D eigenvalue weighted by atomic mass is 9.87. The molecule has 0 aliphatic heterocycles. The lowest BCUT2D eigenvalue weighted by molar-refractivity contribution is 0.102. The van der Waals surface area contributed by atoms with Crippen LogP contribution < -0.4 is 14.8 Å². The summed E-state index contributed by atoms with van der Waals surface area (Å²) >= 11 is 3.39. The summed E-state index contributed by atoms with van der Waals surface area (Å²) in [6, 6.07) is 17.2. The quantitative estimate of drug-likeness (QED) is 0.331. The molecule has 2 heterocycles. The molecule has 0 radical (unpaired) electrons. The Balaban J connectivity index is 1.27. The number of hydrogen-bond donors (Lipinski definition) is 1. The predicted molar refractivity (Wildman–Crippen MR) is 133 cm³/mol. The summed E-state index contributed by atoms with van der Waals surface area (Å²) in [6.07, 6.45) is 4.95. The molecule has 0 saturated carbocycles. The van der Waals surface area contributed by atoms with E-state index in [4.69, 9.17) is 9.47 Å². The molecule has 1 amide bonds. The molecular weight excluding hydrogens is 498 g/mol. The number of benzene rings is 2. The van der Waals surface area contributed by atoms with Crippen molar-refractivity contribution in [2.75, 3.05) is 5.32 Å². The molecule has 0 fully saturated rings. The van der Waals surface area contributed by atoms with Crippen LogP contribution in [-0.2, 0) is 18.9 Å². The Bertz CT molecular complexity index is 1240. The average Bonchev–Trinajstić information content (AvgIpc) is 3.47. The zero-order chi connectivity index (χ0) is 24.1. The van der Waals surface area contributed by atoms with E-state index in [1.807, 2.05) is 36.4 Å². The Hall–Kier alpha value is -3.59. The Morgan fingerprint density at radius 3 is 2.21 bits per heavy atom. The van der Waals surface area contributed by atoms with Crippen molar-refractivity contribution in [3.8, 4) is 11.5 Å². The number of ether oxygens (including phenoxy) is 2. The number of nitrogens with one attached hydrogen (secondary N) is 1. The van der Waals surface area contributed by atoms with Crippen LogP contribution in [0.3, 0.4) is 0 Å². The second-order valence-corrected chi connectivity index (χ2v) is 9.65. The Morgan fingerprint density at radius 1 is 0.941 bits per heavy atom. The summed E-state index contributed by atoms with van der Waals surface area (Å²) in [6.45, 7) is 6.93. The molecular formula is C25H26BrN5O3. The fraction of sp³-hybridized carbons (Fsp3) is 0.240. The summed E-state index contributed by atoms with van der Waals surface area (Å²) in [7, 11) is 0. The number of carbonyl (C=O) groups is 1. The van der Waals surface area contributed by atoms with Gasteiger partial charge in [0.25, 0.3) is 5.91 Å². The Morgan fingerprint density at radius 2 is 1.56 bits per heavy atom. The van der Waals surface area contributed by atoms with Crippen molar-refractivity contribution in [1.82, 2.24) is 19.6 Å². The number of nitrogens with zero attached hydrogens (tertiary/aromatic N) is 4. The van der Waals surface area contributed by atoms with E-state index in [0.29, 0.717) is 5.69 Å². The molecule has 0 spiro atoms. The molecule has 34 heavy (non-hydrogen) atoms. The average molecular weight is 524 g/mol. The molecule has 1 N–H and O–H groups in total. The third-order valence-electron chi connectivity index (χ3n) is 5.03. The van der Waals surface area contributed by atoms with Gasteiger partial charge in [-0.15, -0.1) is 0 Å². The standard InChI is InChI=1S/C25H26BrN5O3/c1-25(2,3)18-4-8-21(9-5-18)33-16-30-13-12-23(29-30)24(32)28-20-14-27-31(15-20)17-34-22-10-6-19(26)7-11-22/h4-15H,16-17H2,1-3H3,(H,28,32). The summed E-state index contributed by atoms with van der Waals surface area (Å²) in [5, 5.41) is 11.3. The topological polar surface area (TPSA) is 83.2 Å². The van der Waals surface area contributed by atoms with Crippen LogP contribution in [0.15, 0.2) is 77.7 Å². The highest BCUT2D eigenvalue weighted by Crippen LogP contribution is 2.24. The van der Waals surface area contributed by atoms with Crippen LogP contribution in [0.4, 0.5) is 5.69 Å². The number of hydrogen-bond acceptors (Lipinski definition) is 5. The van der Waals surface area contributed by atoms with Gasteiger partial charge in [-0.1, -0.05) is 48.8 Å². The highest BCUT2D eigenvalue weighted by atomic mass is 79.9. The number of aromatic nitrogens is 4. The van der Waals surface area contributed by atoms with Crippen LogP contribution in [0, 0.1) is 0 Å². The normalized spacial score (nSPS) is 11.3. The molecule has 176 valence electrons. The number of carbonyl (C=O) groups excluding carboxylic acids is 1. The monoisotopic (exact) mass is 523 g/mol. The van der Waals surface area contributed by atoms with E-state index < -0.39 is 0 Å². The minimum atomic E-state index is -0.332. The van der Waals surface area contributed by atoms with E-state index in [1.165, 1.54) is 5.56 Å². The second-order valence-electron chi connectivity index (χ2n) is 8.74. The van der Waals surface area contributed by atoms with Gasteiger partial charge in [0, 0.05) is 10.7 Å². The smallest absolute Gasteiger partial charge is 0.276 e. The lowest BCUT2D eigenvalue weighted by Gasteiger charge is -2.19. The molecule has 2 aromatic heterocycles. The van der Waals surface area contributed by atoms with Crippen LogP contribution >= 0.6 is 15.9 Å². The first-order valence-corrected chi connectivity index (χ1v) is 11.5.